The summed E-state index contributed by atoms with van der Waals surface area (Å²) in [5.41, 5.74) is 1.17. The Morgan fingerprint density at radius 3 is 2.33 bits per heavy atom. The maximum absolute atomic E-state index is 13.4. The Labute approximate surface area is 142 Å². The van der Waals surface area contributed by atoms with Gasteiger partial charge in [0.05, 0.1) is 5.56 Å². The minimum atomic E-state index is -4.33. The number of halogens is 4. The maximum Gasteiger partial charge on any atom is 0.416 e. The maximum atomic E-state index is 13.4. The second-order valence-electron chi connectivity index (χ2n) is 5.29. The summed E-state index contributed by atoms with van der Waals surface area (Å²) in [5, 5.41) is 6.12. The quantitative estimate of drug-likeness (QED) is 0.614. The van der Waals surface area contributed by atoms with Crippen molar-refractivity contribution >= 4 is 23.0 Å². The number of rotatable bonds is 4. The molecule has 0 saturated carbocycles. The average Bonchev–Trinajstić information content (AvgIpc) is 2.50. The van der Waals surface area contributed by atoms with Crippen LogP contribution >= 0.6 is 12.2 Å². The molecule has 0 atom stereocenters. The van der Waals surface area contributed by atoms with Crippen molar-refractivity contribution in [2.24, 2.45) is 0 Å². The molecule has 2 N–H and O–H groups in total. The molecule has 0 aliphatic rings. The minimum absolute atomic E-state index is 0.324. The second-order valence-corrected chi connectivity index (χ2v) is 5.70. The summed E-state index contributed by atoms with van der Waals surface area (Å²) in [4.78, 5) is 0. The van der Waals surface area contributed by atoms with E-state index in [0.29, 0.717) is 29.3 Å². The van der Waals surface area contributed by atoms with E-state index >= 15 is 0 Å². The van der Waals surface area contributed by atoms with Gasteiger partial charge in [0.1, 0.15) is 5.82 Å². The van der Waals surface area contributed by atoms with Crippen LogP contribution in [-0.4, -0.2) is 11.7 Å². The Morgan fingerprint density at radius 1 is 1.08 bits per heavy atom. The molecule has 0 heterocycles. The Balaban J connectivity index is 1.81. The molecular formula is C17H16F4N2S. The van der Waals surface area contributed by atoms with Crippen molar-refractivity contribution < 1.29 is 17.6 Å². The summed E-state index contributed by atoms with van der Waals surface area (Å²) < 4.78 is 50.9. The lowest BCUT2D eigenvalue weighted by Crippen LogP contribution is -2.30. The Morgan fingerprint density at radius 2 is 1.75 bits per heavy atom. The van der Waals surface area contributed by atoms with Gasteiger partial charge in [-0.1, -0.05) is 18.2 Å². The highest BCUT2D eigenvalue weighted by Gasteiger charge is 2.29. The summed E-state index contributed by atoms with van der Waals surface area (Å²) in [6.07, 6.45) is -3.81. The predicted molar refractivity (Wildman–Crippen MR) is 90.5 cm³/mol. The molecule has 0 aliphatic heterocycles. The van der Waals surface area contributed by atoms with Crippen LogP contribution in [0.2, 0.25) is 0 Å². The highest BCUT2D eigenvalue weighted by atomic mass is 32.1. The van der Waals surface area contributed by atoms with Crippen molar-refractivity contribution in [3.8, 4) is 0 Å². The topological polar surface area (TPSA) is 24.1 Å². The second kappa shape index (κ2) is 7.61. The van der Waals surface area contributed by atoms with Crippen LogP contribution in [0, 0.1) is 12.7 Å². The summed E-state index contributed by atoms with van der Waals surface area (Å²) in [6, 6.07) is 9.69. The van der Waals surface area contributed by atoms with Crippen molar-refractivity contribution in [3.05, 3.63) is 65.0 Å². The molecule has 0 saturated heterocycles. The van der Waals surface area contributed by atoms with E-state index in [2.05, 4.69) is 10.6 Å². The van der Waals surface area contributed by atoms with Crippen LogP contribution in [0.3, 0.4) is 0 Å². The molecule has 2 aromatic carbocycles. The molecule has 0 radical (unpaired) electrons. The molecule has 0 amide bonds. The third-order valence-electron chi connectivity index (χ3n) is 3.41. The monoisotopic (exact) mass is 356 g/mol. The molecular weight excluding hydrogens is 340 g/mol. The predicted octanol–water partition coefficient (Wildman–Crippen LogP) is 4.68. The van der Waals surface area contributed by atoms with Gasteiger partial charge < -0.3 is 10.6 Å². The van der Waals surface area contributed by atoms with E-state index in [4.69, 9.17) is 12.2 Å². The number of hydrogen-bond acceptors (Lipinski definition) is 1. The molecule has 0 aromatic heterocycles. The minimum Gasteiger partial charge on any atom is -0.362 e. The van der Waals surface area contributed by atoms with E-state index in [-0.39, 0.29) is 5.82 Å². The zero-order valence-electron chi connectivity index (χ0n) is 12.9. The summed E-state index contributed by atoms with van der Waals surface area (Å²) >= 11 is 5.10. The van der Waals surface area contributed by atoms with Crippen molar-refractivity contribution in [1.82, 2.24) is 5.32 Å². The first-order chi connectivity index (χ1) is 11.3. The SMILES string of the molecule is Cc1ccc(NC(=S)NCCc2ccc(C(F)(F)F)cc2)cc1F. The number of benzene rings is 2. The molecule has 0 aliphatic carbocycles. The fourth-order valence-corrected chi connectivity index (χ4v) is 2.25. The molecule has 2 rings (SSSR count). The van der Waals surface area contributed by atoms with Crippen LogP contribution in [0.4, 0.5) is 23.2 Å². The zero-order valence-corrected chi connectivity index (χ0v) is 13.7. The van der Waals surface area contributed by atoms with E-state index in [1.165, 1.54) is 18.2 Å². The molecule has 0 fully saturated rings. The van der Waals surface area contributed by atoms with Gasteiger partial charge in [-0.2, -0.15) is 13.2 Å². The van der Waals surface area contributed by atoms with Crippen LogP contribution < -0.4 is 10.6 Å². The largest absolute Gasteiger partial charge is 0.416 e. The van der Waals surface area contributed by atoms with Crippen LogP contribution in [0.25, 0.3) is 0 Å². The number of thiocarbonyl (C=S) groups is 1. The number of hydrogen-bond donors (Lipinski definition) is 2. The van der Waals surface area contributed by atoms with Gasteiger partial charge in [0.25, 0.3) is 0 Å². The van der Waals surface area contributed by atoms with Crippen LogP contribution in [-0.2, 0) is 12.6 Å². The smallest absolute Gasteiger partial charge is 0.362 e. The molecule has 2 aromatic rings. The zero-order chi connectivity index (χ0) is 17.7. The number of alkyl halides is 3. The summed E-state index contributed by atoms with van der Waals surface area (Å²) in [5.74, 6) is -0.326. The van der Waals surface area contributed by atoms with Gasteiger partial charge >= 0.3 is 6.18 Å². The lowest BCUT2D eigenvalue weighted by molar-refractivity contribution is -0.137. The van der Waals surface area contributed by atoms with Gasteiger partial charge in [-0.3, -0.25) is 0 Å². The van der Waals surface area contributed by atoms with E-state index in [1.54, 1.807) is 19.1 Å². The van der Waals surface area contributed by atoms with E-state index in [0.717, 1.165) is 17.7 Å². The average molecular weight is 356 g/mol. The van der Waals surface area contributed by atoms with Gasteiger partial charge in [0.15, 0.2) is 5.11 Å². The van der Waals surface area contributed by atoms with Crippen molar-refractivity contribution in [3.63, 3.8) is 0 Å². The fourth-order valence-electron chi connectivity index (χ4n) is 2.03. The molecule has 128 valence electrons. The Hall–Kier alpha value is -2.15. The lowest BCUT2D eigenvalue weighted by Gasteiger charge is -2.11. The third kappa shape index (κ3) is 5.19. The molecule has 7 heteroatoms. The Bertz CT molecular complexity index is 712. The van der Waals surface area contributed by atoms with Gasteiger partial charge in [0.2, 0.25) is 0 Å². The first-order valence-electron chi connectivity index (χ1n) is 7.23. The molecule has 0 unspecified atom stereocenters. The van der Waals surface area contributed by atoms with Crippen LogP contribution in [0.5, 0.6) is 0 Å². The van der Waals surface area contributed by atoms with Crippen LogP contribution in [0.15, 0.2) is 42.5 Å². The molecule has 24 heavy (non-hydrogen) atoms. The lowest BCUT2D eigenvalue weighted by atomic mass is 10.1. The third-order valence-corrected chi connectivity index (χ3v) is 3.66. The Kier molecular flexibility index (Phi) is 5.77. The van der Waals surface area contributed by atoms with Gasteiger partial charge in [-0.25, -0.2) is 4.39 Å². The highest BCUT2D eigenvalue weighted by molar-refractivity contribution is 7.80. The molecule has 0 bridgehead atoms. The first kappa shape index (κ1) is 18.2. The van der Waals surface area contributed by atoms with E-state index in [1.807, 2.05) is 0 Å². The highest BCUT2D eigenvalue weighted by Crippen LogP contribution is 2.29. The summed E-state index contributed by atoms with van der Waals surface area (Å²) in [7, 11) is 0. The van der Waals surface area contributed by atoms with Gasteiger partial charge in [-0.05, 0) is 61.0 Å². The fraction of sp³-hybridized carbons (Fsp3) is 0.235. The standard InChI is InChI=1S/C17H16F4N2S/c1-11-2-7-14(10-15(11)18)23-16(24)22-9-8-12-3-5-13(6-4-12)17(19,20)21/h2-7,10H,8-9H2,1H3,(H2,22,23,24). The van der Waals surface area contributed by atoms with Crippen LogP contribution in [0.1, 0.15) is 16.7 Å². The van der Waals surface area contributed by atoms with Crippen molar-refractivity contribution in [2.75, 3.05) is 11.9 Å². The number of aryl methyl sites for hydroxylation is 1. The summed E-state index contributed by atoms with van der Waals surface area (Å²) in [6.45, 7) is 2.12. The van der Waals surface area contributed by atoms with Gasteiger partial charge in [0, 0.05) is 12.2 Å². The van der Waals surface area contributed by atoms with Crippen molar-refractivity contribution in [2.45, 2.75) is 19.5 Å². The first-order valence-corrected chi connectivity index (χ1v) is 7.63. The molecule has 2 nitrogen and oxygen atoms in total. The molecule has 0 spiro atoms. The number of anilines is 1. The van der Waals surface area contributed by atoms with E-state index in [9.17, 15) is 17.6 Å². The normalized spacial score (nSPS) is 11.2. The van der Waals surface area contributed by atoms with Crippen molar-refractivity contribution in [1.29, 1.82) is 0 Å². The van der Waals surface area contributed by atoms with Gasteiger partial charge in [-0.15, -0.1) is 0 Å². The number of nitrogens with one attached hydrogen (secondary N) is 2. The van der Waals surface area contributed by atoms with E-state index < -0.39 is 11.7 Å².